The van der Waals surface area contributed by atoms with E-state index in [-0.39, 0.29) is 24.0 Å². The first-order valence-electron chi connectivity index (χ1n) is 6.70. The van der Waals surface area contributed by atoms with Gasteiger partial charge in [-0.15, -0.1) is 24.0 Å². The number of nitrogens with zero attached hydrogens (tertiary/aromatic N) is 1. The molecule has 0 atom stereocenters. The molecular formula is C15H21IN4O. The SMILES string of the molecule is CN=C(NCc1ccc(C(N)=O)cc1)NC1CC=CC1.I. The van der Waals surface area contributed by atoms with Crippen molar-refractivity contribution in [1.82, 2.24) is 10.6 Å². The highest BCUT2D eigenvalue weighted by molar-refractivity contribution is 14.0. The number of halogens is 1. The van der Waals surface area contributed by atoms with Crippen LogP contribution in [0.5, 0.6) is 0 Å². The number of amides is 1. The summed E-state index contributed by atoms with van der Waals surface area (Å²) in [5, 5.41) is 6.62. The van der Waals surface area contributed by atoms with Crippen LogP contribution in [0.15, 0.2) is 41.4 Å². The Morgan fingerprint density at radius 2 is 1.90 bits per heavy atom. The van der Waals surface area contributed by atoms with E-state index in [1.807, 2.05) is 12.1 Å². The fraction of sp³-hybridized carbons (Fsp3) is 0.333. The van der Waals surface area contributed by atoms with Crippen LogP contribution in [0.3, 0.4) is 0 Å². The molecule has 0 radical (unpaired) electrons. The van der Waals surface area contributed by atoms with Gasteiger partial charge in [0.05, 0.1) is 0 Å². The van der Waals surface area contributed by atoms with Crippen molar-refractivity contribution in [2.75, 3.05) is 7.05 Å². The normalized spacial score (nSPS) is 14.6. The van der Waals surface area contributed by atoms with Gasteiger partial charge in [0, 0.05) is 25.2 Å². The van der Waals surface area contributed by atoms with Crippen LogP contribution in [0, 0.1) is 0 Å². The topological polar surface area (TPSA) is 79.5 Å². The Labute approximate surface area is 142 Å². The minimum Gasteiger partial charge on any atom is -0.366 e. The van der Waals surface area contributed by atoms with Gasteiger partial charge in [0.1, 0.15) is 0 Å². The molecule has 0 saturated carbocycles. The minimum absolute atomic E-state index is 0. The van der Waals surface area contributed by atoms with Crippen LogP contribution < -0.4 is 16.4 Å². The molecule has 0 heterocycles. The van der Waals surface area contributed by atoms with Crippen LogP contribution >= 0.6 is 24.0 Å². The van der Waals surface area contributed by atoms with Gasteiger partial charge in [-0.3, -0.25) is 9.79 Å². The van der Waals surface area contributed by atoms with Crippen molar-refractivity contribution in [2.45, 2.75) is 25.4 Å². The summed E-state index contributed by atoms with van der Waals surface area (Å²) < 4.78 is 0. The number of primary amides is 1. The molecular weight excluding hydrogens is 379 g/mol. The summed E-state index contributed by atoms with van der Waals surface area (Å²) in [7, 11) is 1.76. The Hall–Kier alpha value is -1.57. The summed E-state index contributed by atoms with van der Waals surface area (Å²) in [5.74, 6) is 0.383. The molecule has 0 unspecified atom stereocenters. The molecule has 6 heteroatoms. The largest absolute Gasteiger partial charge is 0.366 e. The van der Waals surface area contributed by atoms with Crippen LogP contribution in [0.2, 0.25) is 0 Å². The number of aliphatic imine (C=N–C) groups is 1. The Kier molecular flexibility index (Phi) is 7.21. The van der Waals surface area contributed by atoms with Crippen LogP contribution in [0.25, 0.3) is 0 Å². The minimum atomic E-state index is -0.407. The quantitative estimate of drug-likeness (QED) is 0.312. The molecule has 0 fully saturated rings. The summed E-state index contributed by atoms with van der Waals surface area (Å²) in [6, 6.07) is 7.67. The lowest BCUT2D eigenvalue weighted by Crippen LogP contribution is -2.42. The number of guanidine groups is 1. The first-order valence-corrected chi connectivity index (χ1v) is 6.70. The van der Waals surface area contributed by atoms with Gasteiger partial charge < -0.3 is 16.4 Å². The van der Waals surface area contributed by atoms with E-state index in [2.05, 4.69) is 27.8 Å². The predicted octanol–water partition coefficient (Wildman–Crippen LogP) is 1.79. The molecule has 1 aliphatic rings. The Morgan fingerprint density at radius 1 is 1.29 bits per heavy atom. The van der Waals surface area contributed by atoms with Crippen molar-refractivity contribution < 1.29 is 4.79 Å². The molecule has 1 amide bonds. The number of carbonyl (C=O) groups is 1. The molecule has 0 aliphatic heterocycles. The van der Waals surface area contributed by atoms with Crippen molar-refractivity contribution in [3.63, 3.8) is 0 Å². The van der Waals surface area contributed by atoms with Gasteiger partial charge >= 0.3 is 0 Å². The van der Waals surface area contributed by atoms with E-state index < -0.39 is 5.91 Å². The van der Waals surface area contributed by atoms with Crippen molar-refractivity contribution in [3.8, 4) is 0 Å². The molecule has 1 aliphatic carbocycles. The number of nitrogens with two attached hydrogens (primary N) is 1. The maximum absolute atomic E-state index is 11.0. The Balaban J connectivity index is 0.00000220. The van der Waals surface area contributed by atoms with E-state index in [1.54, 1.807) is 19.2 Å². The molecule has 1 aromatic carbocycles. The van der Waals surface area contributed by atoms with Gasteiger partial charge in [-0.25, -0.2) is 0 Å². The molecule has 21 heavy (non-hydrogen) atoms. The lowest BCUT2D eigenvalue weighted by Gasteiger charge is -2.17. The second kappa shape index (κ2) is 8.66. The molecule has 0 bridgehead atoms. The van der Waals surface area contributed by atoms with Crippen LogP contribution in [-0.4, -0.2) is 25.0 Å². The molecule has 0 spiro atoms. The molecule has 2 rings (SSSR count). The number of rotatable bonds is 4. The molecule has 114 valence electrons. The second-order valence-electron chi connectivity index (χ2n) is 4.77. The summed E-state index contributed by atoms with van der Waals surface area (Å²) in [6.07, 6.45) is 6.42. The van der Waals surface area contributed by atoms with E-state index in [0.29, 0.717) is 18.2 Å². The van der Waals surface area contributed by atoms with E-state index in [1.165, 1.54) is 0 Å². The highest BCUT2D eigenvalue weighted by Crippen LogP contribution is 2.09. The summed E-state index contributed by atoms with van der Waals surface area (Å²) in [4.78, 5) is 15.2. The third-order valence-electron chi connectivity index (χ3n) is 3.27. The highest BCUT2D eigenvalue weighted by atomic mass is 127. The van der Waals surface area contributed by atoms with Gasteiger partial charge in [0.25, 0.3) is 0 Å². The van der Waals surface area contributed by atoms with Crippen molar-refractivity contribution in [3.05, 3.63) is 47.5 Å². The Morgan fingerprint density at radius 3 is 2.43 bits per heavy atom. The maximum Gasteiger partial charge on any atom is 0.248 e. The average Bonchev–Trinajstić information content (AvgIpc) is 2.96. The first-order chi connectivity index (χ1) is 9.69. The number of nitrogens with one attached hydrogen (secondary N) is 2. The van der Waals surface area contributed by atoms with E-state index in [9.17, 15) is 4.79 Å². The van der Waals surface area contributed by atoms with Crippen molar-refractivity contribution in [2.24, 2.45) is 10.7 Å². The van der Waals surface area contributed by atoms with Gasteiger partial charge in [-0.05, 0) is 30.5 Å². The van der Waals surface area contributed by atoms with Crippen molar-refractivity contribution >= 4 is 35.8 Å². The molecule has 0 saturated heterocycles. The molecule has 1 aromatic rings. The lowest BCUT2D eigenvalue weighted by molar-refractivity contribution is 0.100. The number of hydrogen-bond donors (Lipinski definition) is 3. The second-order valence-corrected chi connectivity index (χ2v) is 4.77. The molecule has 5 nitrogen and oxygen atoms in total. The van der Waals surface area contributed by atoms with E-state index in [4.69, 9.17) is 5.73 Å². The van der Waals surface area contributed by atoms with Gasteiger partial charge in [-0.1, -0.05) is 24.3 Å². The fourth-order valence-electron chi connectivity index (χ4n) is 2.10. The third kappa shape index (κ3) is 5.37. The number of carbonyl (C=O) groups excluding carboxylic acids is 1. The average molecular weight is 400 g/mol. The predicted molar refractivity (Wildman–Crippen MR) is 95.9 cm³/mol. The fourth-order valence-corrected chi connectivity index (χ4v) is 2.10. The molecule has 4 N–H and O–H groups in total. The van der Waals surface area contributed by atoms with Gasteiger partial charge in [0.15, 0.2) is 5.96 Å². The summed E-state index contributed by atoms with van der Waals surface area (Å²) >= 11 is 0. The van der Waals surface area contributed by atoms with Crippen LogP contribution in [0.4, 0.5) is 0 Å². The summed E-state index contributed by atoms with van der Waals surface area (Å²) in [5.41, 5.74) is 6.80. The standard InChI is InChI=1S/C15H20N4O.HI/c1-17-15(19-13-4-2-3-5-13)18-10-11-6-8-12(9-7-11)14(16)20;/h2-3,6-9,13H,4-5,10H2,1H3,(H2,16,20)(H2,17,18,19);1H. The summed E-state index contributed by atoms with van der Waals surface area (Å²) in [6.45, 7) is 0.652. The van der Waals surface area contributed by atoms with E-state index >= 15 is 0 Å². The lowest BCUT2D eigenvalue weighted by atomic mass is 10.1. The van der Waals surface area contributed by atoms with Crippen LogP contribution in [-0.2, 0) is 6.54 Å². The highest BCUT2D eigenvalue weighted by Gasteiger charge is 2.11. The van der Waals surface area contributed by atoms with Gasteiger partial charge in [0.2, 0.25) is 5.91 Å². The first kappa shape index (κ1) is 17.5. The zero-order valence-electron chi connectivity index (χ0n) is 12.0. The molecule has 0 aromatic heterocycles. The monoisotopic (exact) mass is 400 g/mol. The smallest absolute Gasteiger partial charge is 0.248 e. The van der Waals surface area contributed by atoms with E-state index in [0.717, 1.165) is 24.4 Å². The van der Waals surface area contributed by atoms with Crippen molar-refractivity contribution in [1.29, 1.82) is 0 Å². The van der Waals surface area contributed by atoms with Crippen LogP contribution in [0.1, 0.15) is 28.8 Å². The third-order valence-corrected chi connectivity index (χ3v) is 3.27. The maximum atomic E-state index is 11.0. The zero-order valence-corrected chi connectivity index (χ0v) is 14.3. The number of benzene rings is 1. The zero-order chi connectivity index (χ0) is 14.4. The number of hydrogen-bond acceptors (Lipinski definition) is 2. The Bertz CT molecular complexity index is 517. The van der Waals surface area contributed by atoms with Gasteiger partial charge in [-0.2, -0.15) is 0 Å².